The number of benzene rings is 2. The molecule has 0 radical (unpaired) electrons. The van der Waals surface area contributed by atoms with E-state index in [9.17, 15) is 5.26 Å². The topological polar surface area (TPSA) is 72.7 Å². The zero-order valence-electron chi connectivity index (χ0n) is 13.3. The Balaban J connectivity index is 2.31. The highest BCUT2D eigenvalue weighted by atomic mass is 16.5. The van der Waals surface area contributed by atoms with Crippen molar-refractivity contribution in [3.05, 3.63) is 48.0 Å². The van der Waals surface area contributed by atoms with Crippen LogP contribution in [0.3, 0.4) is 0 Å². The second-order valence-corrected chi connectivity index (χ2v) is 5.55. The van der Waals surface area contributed by atoms with Crippen molar-refractivity contribution in [1.29, 1.82) is 5.26 Å². The number of anilines is 1. The second kappa shape index (κ2) is 5.07. The van der Waals surface area contributed by atoms with Gasteiger partial charge in [0.1, 0.15) is 17.5 Å². The molecule has 0 unspecified atom stereocenters. The first-order valence-electron chi connectivity index (χ1n) is 7.47. The van der Waals surface area contributed by atoms with Crippen LogP contribution in [0.4, 0.5) is 5.82 Å². The minimum absolute atomic E-state index is 0.424. The average Bonchev–Trinajstić information content (AvgIpc) is 3.01. The van der Waals surface area contributed by atoms with Crippen LogP contribution in [0.1, 0.15) is 5.56 Å². The van der Waals surface area contributed by atoms with Crippen LogP contribution in [-0.2, 0) is 0 Å². The van der Waals surface area contributed by atoms with E-state index in [0.29, 0.717) is 22.9 Å². The number of hydrogen-bond acceptors (Lipinski definition) is 4. The average molecular weight is 317 g/mol. The Morgan fingerprint density at radius 2 is 1.62 bits per heavy atom. The van der Waals surface area contributed by atoms with Crippen LogP contribution in [-0.4, -0.2) is 18.6 Å². The van der Waals surface area contributed by atoms with Crippen LogP contribution in [0, 0.1) is 11.3 Å². The van der Waals surface area contributed by atoms with Crippen LogP contribution in [0.5, 0.6) is 11.5 Å². The maximum absolute atomic E-state index is 9.66. The maximum Gasteiger partial charge on any atom is 0.161 e. The molecule has 2 heterocycles. The molecule has 0 aliphatic heterocycles. The molecule has 2 aromatic heterocycles. The van der Waals surface area contributed by atoms with Gasteiger partial charge in [-0.1, -0.05) is 18.2 Å². The Morgan fingerprint density at radius 1 is 0.958 bits per heavy atom. The standard InChI is InChI=1S/C19H15N3O2/c1-23-17-8-12-13(9-18(17)24-2)16-7-11-5-3-4-6-15(11)22(16)19(21)14(12)10-20/h3-9H,21H2,1-2H3. The molecule has 4 rings (SSSR count). The Labute approximate surface area is 138 Å². The van der Waals surface area contributed by atoms with E-state index in [0.717, 1.165) is 27.2 Å². The highest BCUT2D eigenvalue weighted by Gasteiger charge is 2.18. The number of methoxy groups -OCH3 is 2. The molecular weight excluding hydrogens is 302 g/mol. The summed E-state index contributed by atoms with van der Waals surface area (Å²) < 4.78 is 12.7. The molecule has 2 N–H and O–H groups in total. The number of aromatic nitrogens is 1. The molecule has 0 amide bonds. The molecule has 0 saturated heterocycles. The van der Waals surface area contributed by atoms with Gasteiger partial charge in [0.2, 0.25) is 0 Å². The van der Waals surface area contributed by atoms with Gasteiger partial charge in [0, 0.05) is 16.2 Å². The lowest BCUT2D eigenvalue weighted by Crippen LogP contribution is -2.02. The molecule has 0 aliphatic carbocycles. The normalized spacial score (nSPS) is 11.0. The zero-order chi connectivity index (χ0) is 16.8. The number of ether oxygens (including phenoxy) is 2. The van der Waals surface area contributed by atoms with Crippen molar-refractivity contribution >= 4 is 33.0 Å². The van der Waals surface area contributed by atoms with E-state index >= 15 is 0 Å². The predicted molar refractivity (Wildman–Crippen MR) is 94.6 cm³/mol. The molecule has 5 heteroatoms. The van der Waals surface area contributed by atoms with Gasteiger partial charge in [-0.15, -0.1) is 0 Å². The van der Waals surface area contributed by atoms with Gasteiger partial charge in [0.15, 0.2) is 11.5 Å². The molecule has 0 spiro atoms. The molecule has 0 saturated carbocycles. The minimum Gasteiger partial charge on any atom is -0.493 e. The number of hydrogen-bond donors (Lipinski definition) is 1. The monoisotopic (exact) mass is 317 g/mol. The highest BCUT2D eigenvalue weighted by Crippen LogP contribution is 2.39. The maximum atomic E-state index is 9.66. The Morgan fingerprint density at radius 3 is 2.29 bits per heavy atom. The largest absolute Gasteiger partial charge is 0.493 e. The van der Waals surface area contributed by atoms with Gasteiger partial charge in [-0.3, -0.25) is 4.40 Å². The van der Waals surface area contributed by atoms with E-state index in [1.807, 2.05) is 34.7 Å². The van der Waals surface area contributed by atoms with Crippen LogP contribution in [0.2, 0.25) is 0 Å². The molecule has 24 heavy (non-hydrogen) atoms. The lowest BCUT2D eigenvalue weighted by atomic mass is 10.0. The minimum atomic E-state index is 0.424. The fraction of sp³-hybridized carbons (Fsp3) is 0.105. The molecule has 0 aliphatic rings. The summed E-state index contributed by atoms with van der Waals surface area (Å²) >= 11 is 0. The molecule has 0 fully saturated rings. The number of nitriles is 1. The van der Waals surface area contributed by atoms with Gasteiger partial charge in [-0.25, -0.2) is 0 Å². The summed E-state index contributed by atoms with van der Waals surface area (Å²) in [4.78, 5) is 0. The van der Waals surface area contributed by atoms with E-state index in [4.69, 9.17) is 15.2 Å². The van der Waals surface area contributed by atoms with Crippen LogP contribution in [0.15, 0.2) is 42.5 Å². The predicted octanol–water partition coefficient (Wildman–Crippen LogP) is 3.72. The first kappa shape index (κ1) is 14.2. The number of fused-ring (bicyclic) bond motifs is 5. The van der Waals surface area contributed by atoms with E-state index in [1.165, 1.54) is 0 Å². The van der Waals surface area contributed by atoms with Crippen LogP contribution in [0.25, 0.3) is 27.2 Å². The third-order valence-corrected chi connectivity index (χ3v) is 4.39. The smallest absolute Gasteiger partial charge is 0.161 e. The lowest BCUT2D eigenvalue weighted by molar-refractivity contribution is 0.356. The third kappa shape index (κ3) is 1.74. The van der Waals surface area contributed by atoms with E-state index in [-0.39, 0.29) is 0 Å². The van der Waals surface area contributed by atoms with E-state index < -0.39 is 0 Å². The molecule has 0 bridgehead atoms. The molecule has 0 atom stereocenters. The number of rotatable bonds is 2. The fourth-order valence-corrected chi connectivity index (χ4v) is 3.28. The van der Waals surface area contributed by atoms with Gasteiger partial charge >= 0.3 is 0 Å². The lowest BCUT2D eigenvalue weighted by Gasteiger charge is -2.13. The first-order chi connectivity index (χ1) is 11.7. The second-order valence-electron chi connectivity index (χ2n) is 5.55. The summed E-state index contributed by atoms with van der Waals surface area (Å²) in [5, 5.41) is 12.4. The summed E-state index contributed by atoms with van der Waals surface area (Å²) in [5.41, 5.74) is 8.67. The zero-order valence-corrected chi connectivity index (χ0v) is 13.3. The van der Waals surface area contributed by atoms with Gasteiger partial charge in [-0.05, 0) is 24.3 Å². The summed E-state index contributed by atoms with van der Waals surface area (Å²) in [5.74, 6) is 1.61. The van der Waals surface area contributed by atoms with Crippen molar-refractivity contribution in [3.63, 3.8) is 0 Å². The van der Waals surface area contributed by atoms with Crippen molar-refractivity contribution < 1.29 is 9.47 Å². The summed E-state index contributed by atoms with van der Waals surface area (Å²) in [7, 11) is 3.17. The van der Waals surface area contributed by atoms with E-state index in [2.05, 4.69) is 12.1 Å². The molecular formula is C19H15N3O2. The van der Waals surface area contributed by atoms with Crippen molar-refractivity contribution in [3.8, 4) is 17.6 Å². The Kier molecular flexibility index (Phi) is 3.00. The van der Waals surface area contributed by atoms with E-state index in [1.54, 1.807) is 20.3 Å². The van der Waals surface area contributed by atoms with Gasteiger partial charge in [0.25, 0.3) is 0 Å². The summed E-state index contributed by atoms with van der Waals surface area (Å²) in [6.07, 6.45) is 0. The van der Waals surface area contributed by atoms with Crippen molar-refractivity contribution in [1.82, 2.24) is 4.40 Å². The quantitative estimate of drug-likeness (QED) is 0.611. The number of nitrogens with two attached hydrogens (primary N) is 1. The van der Waals surface area contributed by atoms with Gasteiger partial charge in [-0.2, -0.15) is 5.26 Å². The van der Waals surface area contributed by atoms with Crippen molar-refractivity contribution in [2.75, 3.05) is 20.0 Å². The summed E-state index contributed by atoms with van der Waals surface area (Å²) in [6, 6.07) is 16.0. The van der Waals surface area contributed by atoms with Crippen molar-refractivity contribution in [2.45, 2.75) is 0 Å². The first-order valence-corrected chi connectivity index (χ1v) is 7.47. The SMILES string of the molecule is COc1cc2c(C#N)c(N)n3c4ccccc4cc3c2cc1OC. The third-order valence-electron chi connectivity index (χ3n) is 4.39. The Hall–Kier alpha value is -3.39. The number of nitrogens with zero attached hydrogens (tertiary/aromatic N) is 2. The van der Waals surface area contributed by atoms with Crippen LogP contribution < -0.4 is 15.2 Å². The summed E-state index contributed by atoms with van der Waals surface area (Å²) in [6.45, 7) is 0. The molecule has 2 aromatic carbocycles. The van der Waals surface area contributed by atoms with Gasteiger partial charge in [0.05, 0.1) is 25.3 Å². The fourth-order valence-electron chi connectivity index (χ4n) is 3.28. The van der Waals surface area contributed by atoms with Crippen molar-refractivity contribution in [2.24, 2.45) is 0 Å². The number of para-hydroxylation sites is 1. The van der Waals surface area contributed by atoms with Gasteiger partial charge < -0.3 is 15.2 Å². The number of pyridine rings is 1. The highest BCUT2D eigenvalue weighted by molar-refractivity contribution is 6.08. The molecule has 4 aromatic rings. The Bertz CT molecular complexity index is 1150. The van der Waals surface area contributed by atoms with Crippen LogP contribution >= 0.6 is 0 Å². The molecule has 5 nitrogen and oxygen atoms in total. The molecule has 118 valence electrons. The number of nitrogen functional groups attached to an aromatic ring is 1.